The first kappa shape index (κ1) is 34.2. The number of carbonyl (C=O) groups is 4. The lowest BCUT2D eigenvalue weighted by Gasteiger charge is -2.15. The zero-order valence-electron chi connectivity index (χ0n) is 25.9. The minimum Gasteiger partial charge on any atom is -0.496 e. The van der Waals surface area contributed by atoms with Gasteiger partial charge in [-0.15, -0.1) is 20.1 Å². The van der Waals surface area contributed by atoms with Gasteiger partial charge in [-0.2, -0.15) is 5.53 Å². The summed E-state index contributed by atoms with van der Waals surface area (Å²) in [7, 11) is 1.34. The smallest absolute Gasteiger partial charge is 0.337 e. The highest BCUT2D eigenvalue weighted by Gasteiger charge is 2.21. The maximum Gasteiger partial charge on any atom is 0.337 e. The van der Waals surface area contributed by atoms with Crippen LogP contribution in [0.4, 0.5) is 15.8 Å². The average molecular weight is 684 g/mol. The van der Waals surface area contributed by atoms with E-state index < -0.39 is 35.1 Å². The number of anilines is 2. The number of methoxy groups -OCH3 is 1. The van der Waals surface area contributed by atoms with Crippen molar-refractivity contribution < 1.29 is 38.5 Å². The Bertz CT molecular complexity index is 2190. The number of aromatic nitrogens is 6. The van der Waals surface area contributed by atoms with Gasteiger partial charge in [0.05, 0.1) is 29.6 Å². The highest BCUT2D eigenvalue weighted by Crippen LogP contribution is 2.30. The van der Waals surface area contributed by atoms with Gasteiger partial charge in [-0.25, -0.2) is 19.0 Å². The molecule has 5 rings (SSSR count). The Morgan fingerprint density at radius 2 is 1.56 bits per heavy atom. The summed E-state index contributed by atoms with van der Waals surface area (Å²) in [6.45, 7) is 0. The highest BCUT2D eigenvalue weighted by molar-refractivity contribution is 6.07. The second-order valence-electron chi connectivity index (χ2n) is 10.4. The number of carboxylic acid groups (broad SMARTS) is 2. The number of aryl methyl sites for hydroxylation is 2. The number of halogens is 1. The third-order valence-electron chi connectivity index (χ3n) is 7.25. The van der Waals surface area contributed by atoms with E-state index in [-0.39, 0.29) is 64.4 Å². The molecule has 0 saturated carbocycles. The number of nitrogens with one attached hydrogen (secondary N) is 4. The van der Waals surface area contributed by atoms with E-state index in [2.05, 4.69) is 36.1 Å². The van der Waals surface area contributed by atoms with Gasteiger partial charge in [-0.1, -0.05) is 5.22 Å². The van der Waals surface area contributed by atoms with Crippen molar-refractivity contribution in [2.24, 2.45) is 5.22 Å². The SMILES string of the molecule is COc1cc(NC(=O)c2ccc(=N)n(N=N)n2)c(C(=O)O)cc1CCCc1cc(NC(=O)c2ccc(-n3ccnc3)nn2)c(C(=O)O)cc1F. The Labute approximate surface area is 280 Å². The Hall–Kier alpha value is -7.18. The van der Waals surface area contributed by atoms with Crippen LogP contribution >= 0.6 is 0 Å². The van der Waals surface area contributed by atoms with Crippen LogP contribution in [0.3, 0.4) is 0 Å². The fourth-order valence-corrected chi connectivity index (χ4v) is 4.81. The molecule has 18 nitrogen and oxygen atoms in total. The quantitative estimate of drug-likeness (QED) is 0.0980. The van der Waals surface area contributed by atoms with Crippen LogP contribution in [-0.2, 0) is 12.8 Å². The van der Waals surface area contributed by atoms with Crippen LogP contribution in [-0.4, -0.2) is 70.7 Å². The van der Waals surface area contributed by atoms with Crippen molar-refractivity contribution in [1.82, 2.24) is 29.6 Å². The molecule has 6 N–H and O–H groups in total. The molecule has 50 heavy (non-hydrogen) atoms. The van der Waals surface area contributed by atoms with E-state index in [1.807, 2.05) is 0 Å². The van der Waals surface area contributed by atoms with Crippen molar-refractivity contribution in [2.75, 3.05) is 17.7 Å². The van der Waals surface area contributed by atoms with Gasteiger partial charge in [0.15, 0.2) is 22.7 Å². The standard InChI is InChI=1S/C31H26FN11O7/c1-50-25-14-24(37-29(45)22-5-7-26(33)43(40-22)41-34)18(30(46)47)11-17(25)4-2-3-16-12-23(19(31(48)49)13-20(16)32)36-28(44)21-6-8-27(39-38-21)42-10-9-35-15-42/h5-15,33-34H,2-4H2,1H3,(H,36,44)(H,37,45)(H,46,47)(H,48,49). The third kappa shape index (κ3) is 7.51. The van der Waals surface area contributed by atoms with Crippen LogP contribution < -0.4 is 20.9 Å². The van der Waals surface area contributed by atoms with Gasteiger partial charge in [-0.05, 0) is 72.9 Å². The number of ether oxygens (including phenoxy) is 1. The normalized spacial score (nSPS) is 10.7. The van der Waals surface area contributed by atoms with Crippen LogP contribution in [0.15, 0.2) is 72.5 Å². The number of imidazole rings is 1. The summed E-state index contributed by atoms with van der Waals surface area (Å²) in [5.74, 6) is -4.67. The molecule has 2 aromatic carbocycles. The first-order valence-electron chi connectivity index (χ1n) is 14.5. The zero-order valence-corrected chi connectivity index (χ0v) is 25.9. The van der Waals surface area contributed by atoms with E-state index >= 15 is 4.39 Å². The molecule has 3 heterocycles. The van der Waals surface area contributed by atoms with E-state index in [4.69, 9.17) is 15.7 Å². The minimum absolute atomic E-state index is 0.0524. The summed E-state index contributed by atoms with van der Waals surface area (Å²) < 4.78 is 22.1. The van der Waals surface area contributed by atoms with Crippen LogP contribution in [0.1, 0.15) is 59.2 Å². The van der Waals surface area contributed by atoms with Crippen molar-refractivity contribution in [2.45, 2.75) is 19.3 Å². The number of nitrogens with zero attached hydrogens (tertiary/aromatic N) is 7. The predicted molar refractivity (Wildman–Crippen MR) is 169 cm³/mol. The summed E-state index contributed by atoms with van der Waals surface area (Å²) in [5, 5.41) is 46.7. The molecule has 0 bridgehead atoms. The topological polar surface area (TPSA) is 264 Å². The number of aromatic carboxylic acids is 2. The second kappa shape index (κ2) is 14.7. The molecule has 0 saturated heterocycles. The summed E-state index contributed by atoms with van der Waals surface area (Å²) in [6.07, 6.45) is 5.13. The molecule has 0 spiro atoms. The Morgan fingerprint density at radius 1 is 0.900 bits per heavy atom. The molecule has 19 heteroatoms. The van der Waals surface area contributed by atoms with Gasteiger partial charge in [0.2, 0.25) is 0 Å². The maximum atomic E-state index is 15.1. The van der Waals surface area contributed by atoms with E-state index in [1.165, 1.54) is 62.1 Å². The molecule has 2 amide bonds. The number of hydrogen-bond donors (Lipinski definition) is 6. The third-order valence-corrected chi connectivity index (χ3v) is 7.25. The molecular formula is C31H26FN11O7. The van der Waals surface area contributed by atoms with E-state index in [9.17, 15) is 29.4 Å². The van der Waals surface area contributed by atoms with Crippen molar-refractivity contribution in [3.63, 3.8) is 0 Å². The Kier molecular flexibility index (Phi) is 10.1. The molecule has 0 aliphatic carbocycles. The summed E-state index contributed by atoms with van der Waals surface area (Å²) in [6, 6.07) is 9.91. The number of amides is 2. The van der Waals surface area contributed by atoms with Crippen LogP contribution in [0, 0.1) is 16.8 Å². The van der Waals surface area contributed by atoms with Gasteiger partial charge in [0.25, 0.3) is 11.8 Å². The highest BCUT2D eigenvalue weighted by atomic mass is 19.1. The molecule has 0 unspecified atom stereocenters. The van der Waals surface area contributed by atoms with E-state index in [1.54, 1.807) is 10.8 Å². The van der Waals surface area contributed by atoms with Crippen molar-refractivity contribution in [1.29, 1.82) is 10.9 Å². The molecule has 254 valence electrons. The Balaban J connectivity index is 1.32. The number of carboxylic acids is 2. The average Bonchev–Trinajstić information content (AvgIpc) is 3.65. The van der Waals surface area contributed by atoms with Crippen LogP contribution in [0.25, 0.3) is 5.82 Å². The van der Waals surface area contributed by atoms with Gasteiger partial charge < -0.3 is 25.6 Å². The molecule has 0 fully saturated rings. The van der Waals surface area contributed by atoms with Crippen LogP contribution in [0.2, 0.25) is 0 Å². The molecule has 0 atom stereocenters. The summed E-state index contributed by atoms with van der Waals surface area (Å²) in [5.41, 5.74) is 5.90. The molecular weight excluding hydrogens is 657 g/mol. The molecule has 0 radical (unpaired) electrons. The summed E-state index contributed by atoms with van der Waals surface area (Å²) >= 11 is 0. The Morgan fingerprint density at radius 3 is 2.18 bits per heavy atom. The lowest BCUT2D eigenvalue weighted by atomic mass is 9.98. The number of benzene rings is 2. The number of hydrogen-bond acceptors (Lipinski definition) is 12. The summed E-state index contributed by atoms with van der Waals surface area (Å²) in [4.78, 5) is 54.3. The largest absolute Gasteiger partial charge is 0.496 e. The predicted octanol–water partition coefficient (Wildman–Crippen LogP) is 3.36. The molecule has 0 aliphatic rings. The van der Waals surface area contributed by atoms with Crippen LogP contribution in [0.5, 0.6) is 5.75 Å². The molecule has 3 aromatic heterocycles. The van der Waals surface area contributed by atoms with Gasteiger partial charge >= 0.3 is 11.9 Å². The van der Waals surface area contributed by atoms with Gasteiger partial charge in [-0.3, -0.25) is 19.6 Å². The van der Waals surface area contributed by atoms with Crippen molar-refractivity contribution in [3.8, 4) is 11.6 Å². The second-order valence-corrected chi connectivity index (χ2v) is 10.4. The van der Waals surface area contributed by atoms with E-state index in [0.29, 0.717) is 16.2 Å². The number of carbonyl (C=O) groups excluding carboxylic acids is 2. The fraction of sp³-hybridized carbons (Fsp3) is 0.129. The molecule has 0 aliphatic heterocycles. The first-order valence-corrected chi connectivity index (χ1v) is 14.5. The number of rotatable bonds is 13. The molecule has 5 aromatic rings. The van der Waals surface area contributed by atoms with Gasteiger partial charge in [0, 0.05) is 18.5 Å². The lowest BCUT2D eigenvalue weighted by molar-refractivity contribution is 0.0686. The monoisotopic (exact) mass is 683 g/mol. The van der Waals surface area contributed by atoms with Crippen molar-refractivity contribution >= 4 is 35.1 Å². The van der Waals surface area contributed by atoms with Gasteiger partial charge in [0.1, 0.15) is 17.9 Å². The zero-order chi connectivity index (χ0) is 35.9. The van der Waals surface area contributed by atoms with E-state index in [0.717, 1.165) is 6.07 Å². The first-order chi connectivity index (χ1) is 24.0. The lowest BCUT2D eigenvalue weighted by Crippen LogP contribution is -2.24. The fourth-order valence-electron chi connectivity index (χ4n) is 4.81. The van der Waals surface area contributed by atoms with Crippen molar-refractivity contribution in [3.05, 3.63) is 112 Å². The minimum atomic E-state index is -1.47. The maximum absolute atomic E-state index is 15.1.